The number of carbonyl (C=O) groups is 2. The van der Waals surface area contributed by atoms with Crippen molar-refractivity contribution in [2.75, 3.05) is 13.2 Å². The molecule has 1 amide bonds. The number of esters is 1. The zero-order valence-electron chi connectivity index (χ0n) is 45.6. The van der Waals surface area contributed by atoms with Gasteiger partial charge in [0.15, 0.2) is 0 Å². The molecule has 0 aliphatic carbocycles. The number of aliphatic hydroxyl groups excluding tert-OH is 2. The van der Waals surface area contributed by atoms with Gasteiger partial charge in [0.2, 0.25) is 5.91 Å². The Morgan fingerprint density at radius 1 is 0.412 bits per heavy atom. The van der Waals surface area contributed by atoms with E-state index in [9.17, 15) is 19.8 Å². The molecule has 0 bridgehead atoms. The van der Waals surface area contributed by atoms with Gasteiger partial charge in [-0.3, -0.25) is 9.59 Å². The van der Waals surface area contributed by atoms with Crippen LogP contribution in [0.15, 0.2) is 36.5 Å². The van der Waals surface area contributed by atoms with Gasteiger partial charge in [-0.1, -0.05) is 275 Å². The fraction of sp³-hybridized carbons (Fsp3) is 0.871. The number of allylic oxidation sites excluding steroid dienone is 5. The number of carbonyl (C=O) groups excluding carboxylic acids is 2. The summed E-state index contributed by atoms with van der Waals surface area (Å²) < 4.78 is 5.45. The first-order chi connectivity index (χ1) is 33.5. The van der Waals surface area contributed by atoms with Gasteiger partial charge < -0.3 is 20.3 Å². The van der Waals surface area contributed by atoms with Crippen molar-refractivity contribution in [1.82, 2.24) is 5.32 Å². The Balaban J connectivity index is 3.53. The summed E-state index contributed by atoms with van der Waals surface area (Å²) in [6.07, 6.45) is 71.7. The van der Waals surface area contributed by atoms with Crippen LogP contribution in [0.4, 0.5) is 0 Å². The number of unbranched alkanes of at least 4 members (excludes halogenated alkanes) is 41. The molecule has 0 heterocycles. The zero-order valence-corrected chi connectivity index (χ0v) is 45.6. The van der Waals surface area contributed by atoms with E-state index in [-0.39, 0.29) is 18.5 Å². The van der Waals surface area contributed by atoms with E-state index in [4.69, 9.17) is 4.74 Å². The Labute approximate surface area is 424 Å². The second kappa shape index (κ2) is 57.7. The van der Waals surface area contributed by atoms with Crippen LogP contribution in [-0.2, 0) is 14.3 Å². The summed E-state index contributed by atoms with van der Waals surface area (Å²) >= 11 is 0. The minimum atomic E-state index is -0.856. The number of nitrogens with one attached hydrogen (secondary N) is 1. The molecule has 0 spiro atoms. The van der Waals surface area contributed by atoms with E-state index in [0.717, 1.165) is 83.5 Å². The highest BCUT2D eigenvalue weighted by Crippen LogP contribution is 2.17. The molecule has 0 rings (SSSR count). The Hall–Kier alpha value is -1.92. The maximum atomic E-state index is 12.5. The van der Waals surface area contributed by atoms with E-state index in [2.05, 4.69) is 43.5 Å². The highest BCUT2D eigenvalue weighted by Gasteiger charge is 2.18. The summed E-state index contributed by atoms with van der Waals surface area (Å²) in [5, 5.41) is 23.2. The highest BCUT2D eigenvalue weighted by molar-refractivity contribution is 5.76. The molecule has 0 aromatic carbocycles. The van der Waals surface area contributed by atoms with Gasteiger partial charge in [-0.15, -0.1) is 0 Å². The zero-order chi connectivity index (χ0) is 49.3. The normalized spacial score (nSPS) is 12.8. The number of amides is 1. The number of aliphatic hydroxyl groups is 2. The predicted octanol–water partition coefficient (Wildman–Crippen LogP) is 18.8. The Kier molecular flexibility index (Phi) is 56.0. The molecule has 0 saturated heterocycles. The van der Waals surface area contributed by atoms with E-state index >= 15 is 0 Å². The summed E-state index contributed by atoms with van der Waals surface area (Å²) in [6.45, 7) is 4.88. The van der Waals surface area contributed by atoms with Gasteiger partial charge in [0.05, 0.1) is 25.4 Å². The number of hydrogen-bond acceptors (Lipinski definition) is 5. The van der Waals surface area contributed by atoms with Crippen LogP contribution in [0.5, 0.6) is 0 Å². The molecule has 0 aliphatic heterocycles. The lowest BCUT2D eigenvalue weighted by Gasteiger charge is -2.20. The molecule has 2 unspecified atom stereocenters. The SMILES string of the molecule is CCCCCCCCCCCCCCCCCCCCC/C=C/C(O)C(CO)NC(=O)CCCCCCCCC/C=C\C/C=C\CCCCCOC(=O)CCCCCCCCCCCCCCC. The molecule has 2 atom stereocenters. The van der Waals surface area contributed by atoms with E-state index in [1.54, 1.807) is 6.08 Å². The van der Waals surface area contributed by atoms with Gasteiger partial charge >= 0.3 is 5.97 Å². The van der Waals surface area contributed by atoms with Crippen LogP contribution in [0.3, 0.4) is 0 Å². The maximum absolute atomic E-state index is 12.5. The molecule has 6 nitrogen and oxygen atoms in total. The van der Waals surface area contributed by atoms with Crippen LogP contribution in [0.1, 0.15) is 322 Å². The summed E-state index contributed by atoms with van der Waals surface area (Å²) in [5.41, 5.74) is 0. The molecule has 0 fully saturated rings. The molecule has 0 aromatic rings. The van der Waals surface area contributed by atoms with Gasteiger partial charge in [-0.2, -0.15) is 0 Å². The van der Waals surface area contributed by atoms with Crippen molar-refractivity contribution in [3.8, 4) is 0 Å². The van der Waals surface area contributed by atoms with Crippen LogP contribution in [0.25, 0.3) is 0 Å². The Morgan fingerprint density at radius 3 is 1.12 bits per heavy atom. The fourth-order valence-corrected chi connectivity index (χ4v) is 9.25. The van der Waals surface area contributed by atoms with Crippen LogP contribution in [0.2, 0.25) is 0 Å². The van der Waals surface area contributed by atoms with Crippen molar-refractivity contribution >= 4 is 11.9 Å². The van der Waals surface area contributed by atoms with Gasteiger partial charge in [0, 0.05) is 12.8 Å². The van der Waals surface area contributed by atoms with Crippen molar-refractivity contribution in [3.63, 3.8) is 0 Å². The Morgan fingerprint density at radius 2 is 0.735 bits per heavy atom. The van der Waals surface area contributed by atoms with Crippen LogP contribution < -0.4 is 5.32 Å². The molecule has 400 valence electrons. The average molecular weight is 957 g/mol. The second-order valence-corrected chi connectivity index (χ2v) is 20.7. The first-order valence-corrected chi connectivity index (χ1v) is 30.3. The van der Waals surface area contributed by atoms with Crippen molar-refractivity contribution in [1.29, 1.82) is 0 Å². The quantitative estimate of drug-likeness (QED) is 0.0321. The van der Waals surface area contributed by atoms with Gasteiger partial charge in [-0.05, 0) is 70.6 Å². The minimum Gasteiger partial charge on any atom is -0.466 e. The lowest BCUT2D eigenvalue weighted by atomic mass is 10.0. The third-order valence-corrected chi connectivity index (χ3v) is 13.9. The lowest BCUT2D eigenvalue weighted by molar-refractivity contribution is -0.143. The molecular weight excluding hydrogens is 839 g/mol. The molecule has 0 radical (unpaired) electrons. The average Bonchev–Trinajstić information content (AvgIpc) is 3.34. The van der Waals surface area contributed by atoms with Crippen LogP contribution in [-0.4, -0.2) is 47.4 Å². The van der Waals surface area contributed by atoms with E-state index in [0.29, 0.717) is 19.4 Å². The summed E-state index contributed by atoms with van der Waals surface area (Å²) in [5.74, 6) is -0.0965. The van der Waals surface area contributed by atoms with E-state index < -0.39 is 12.1 Å². The van der Waals surface area contributed by atoms with Gasteiger partial charge in [0.1, 0.15) is 0 Å². The first-order valence-electron chi connectivity index (χ1n) is 30.3. The molecular formula is C62H117NO5. The molecule has 3 N–H and O–H groups in total. The summed E-state index contributed by atoms with van der Waals surface area (Å²) in [7, 11) is 0. The first kappa shape index (κ1) is 66.1. The summed E-state index contributed by atoms with van der Waals surface area (Å²) in [6, 6.07) is -0.641. The van der Waals surface area contributed by atoms with Gasteiger partial charge in [-0.25, -0.2) is 0 Å². The largest absolute Gasteiger partial charge is 0.466 e. The molecule has 0 aliphatic rings. The molecule has 6 heteroatoms. The van der Waals surface area contributed by atoms with Crippen molar-refractivity contribution in [2.24, 2.45) is 0 Å². The minimum absolute atomic E-state index is 0.0147. The number of rotatable bonds is 56. The molecule has 68 heavy (non-hydrogen) atoms. The van der Waals surface area contributed by atoms with Crippen molar-refractivity contribution in [3.05, 3.63) is 36.5 Å². The van der Waals surface area contributed by atoms with Crippen molar-refractivity contribution in [2.45, 2.75) is 334 Å². The monoisotopic (exact) mass is 956 g/mol. The molecule has 0 saturated carbocycles. The number of hydrogen-bond donors (Lipinski definition) is 3. The molecule has 0 aromatic heterocycles. The smallest absolute Gasteiger partial charge is 0.305 e. The lowest BCUT2D eigenvalue weighted by Crippen LogP contribution is -2.45. The van der Waals surface area contributed by atoms with Gasteiger partial charge in [0.25, 0.3) is 0 Å². The standard InChI is InChI=1S/C62H117NO5/c1-3-5-7-9-11-13-15-17-18-19-20-21-22-24-27-31-34-38-42-46-50-54-60(65)59(58-64)63-61(66)55-51-47-43-39-35-32-28-25-23-26-29-33-37-41-45-49-53-57-68-62(67)56-52-48-44-40-36-30-16-14-12-10-8-6-4-2/h23,26,33,37,50,54,59-60,64-65H,3-22,24-25,27-32,34-36,38-49,51-53,55-58H2,1-2H3,(H,63,66)/b26-23-,37-33-,54-50+. The maximum Gasteiger partial charge on any atom is 0.305 e. The van der Waals surface area contributed by atoms with Crippen molar-refractivity contribution < 1.29 is 24.5 Å². The predicted molar refractivity (Wildman–Crippen MR) is 296 cm³/mol. The second-order valence-electron chi connectivity index (χ2n) is 20.7. The van der Waals surface area contributed by atoms with E-state index in [1.807, 2.05) is 6.08 Å². The topological polar surface area (TPSA) is 95.9 Å². The summed E-state index contributed by atoms with van der Waals surface area (Å²) in [4.78, 5) is 24.5. The Bertz CT molecular complexity index is 1100. The van der Waals surface area contributed by atoms with Crippen LogP contribution >= 0.6 is 0 Å². The fourth-order valence-electron chi connectivity index (χ4n) is 9.25. The highest BCUT2D eigenvalue weighted by atomic mass is 16.5. The van der Waals surface area contributed by atoms with E-state index in [1.165, 1.54) is 212 Å². The third kappa shape index (κ3) is 53.4. The third-order valence-electron chi connectivity index (χ3n) is 13.9. The van der Waals surface area contributed by atoms with Crippen LogP contribution in [0, 0.1) is 0 Å². The number of ether oxygens (including phenoxy) is 1.